The number of nitrogens with zero attached hydrogens (tertiary/aromatic N) is 2. The monoisotopic (exact) mass is 246 g/mol. The Morgan fingerprint density at radius 2 is 2.06 bits per heavy atom. The van der Waals surface area contributed by atoms with Crippen molar-refractivity contribution < 1.29 is 9.18 Å². The summed E-state index contributed by atoms with van der Waals surface area (Å²) in [6, 6.07) is 3.81. The van der Waals surface area contributed by atoms with Crippen molar-refractivity contribution in [1.29, 1.82) is 0 Å². The van der Waals surface area contributed by atoms with Crippen LogP contribution in [0.4, 0.5) is 15.8 Å². The molecule has 0 bridgehead atoms. The molecule has 2 aromatic rings. The number of aromatic nitrogens is 2. The standard InChI is InChI=1S/C12H11FN4O/c1-7-5-16-11(6-15-7)12(18)17-10-3-8(13)2-9(14)4-10/h2-6H,14H2,1H3,(H,17,18). The van der Waals surface area contributed by atoms with Crippen LogP contribution < -0.4 is 11.1 Å². The van der Waals surface area contributed by atoms with Crippen molar-refractivity contribution in [2.24, 2.45) is 0 Å². The van der Waals surface area contributed by atoms with Crippen LogP contribution in [0.25, 0.3) is 0 Å². The van der Waals surface area contributed by atoms with Gasteiger partial charge in [-0.2, -0.15) is 0 Å². The summed E-state index contributed by atoms with van der Waals surface area (Å²) >= 11 is 0. The Morgan fingerprint density at radius 3 is 2.67 bits per heavy atom. The Kier molecular flexibility index (Phi) is 3.18. The van der Waals surface area contributed by atoms with E-state index in [1.165, 1.54) is 30.6 Å². The summed E-state index contributed by atoms with van der Waals surface area (Å²) in [6.07, 6.45) is 2.84. The summed E-state index contributed by atoms with van der Waals surface area (Å²) in [5.41, 5.74) is 6.85. The second kappa shape index (κ2) is 4.79. The van der Waals surface area contributed by atoms with Crippen molar-refractivity contribution in [3.05, 3.63) is 47.8 Å². The van der Waals surface area contributed by atoms with Crippen LogP contribution in [-0.4, -0.2) is 15.9 Å². The molecule has 1 aromatic carbocycles. The Labute approximate surface area is 103 Å². The molecular weight excluding hydrogens is 235 g/mol. The number of halogens is 1. The largest absolute Gasteiger partial charge is 0.399 e. The molecule has 5 nitrogen and oxygen atoms in total. The van der Waals surface area contributed by atoms with Crippen molar-refractivity contribution in [3.8, 4) is 0 Å². The molecule has 1 aromatic heterocycles. The first-order valence-corrected chi connectivity index (χ1v) is 5.20. The van der Waals surface area contributed by atoms with Gasteiger partial charge < -0.3 is 11.1 Å². The number of nitrogen functional groups attached to an aromatic ring is 1. The van der Waals surface area contributed by atoms with Gasteiger partial charge in [-0.25, -0.2) is 9.37 Å². The number of hydrogen-bond acceptors (Lipinski definition) is 4. The highest BCUT2D eigenvalue weighted by Crippen LogP contribution is 2.15. The lowest BCUT2D eigenvalue weighted by atomic mass is 10.2. The fourth-order valence-electron chi connectivity index (χ4n) is 1.39. The van der Waals surface area contributed by atoms with E-state index in [1.54, 1.807) is 6.92 Å². The van der Waals surface area contributed by atoms with Gasteiger partial charge in [-0.1, -0.05) is 0 Å². The maximum Gasteiger partial charge on any atom is 0.275 e. The fraction of sp³-hybridized carbons (Fsp3) is 0.0833. The van der Waals surface area contributed by atoms with E-state index in [4.69, 9.17) is 5.73 Å². The zero-order valence-electron chi connectivity index (χ0n) is 9.64. The number of rotatable bonds is 2. The molecule has 1 amide bonds. The van der Waals surface area contributed by atoms with Crippen molar-refractivity contribution >= 4 is 17.3 Å². The van der Waals surface area contributed by atoms with Gasteiger partial charge in [0.05, 0.1) is 11.9 Å². The average Bonchev–Trinajstić information content (AvgIpc) is 2.28. The number of amides is 1. The fourth-order valence-corrected chi connectivity index (χ4v) is 1.39. The zero-order chi connectivity index (χ0) is 13.1. The highest BCUT2D eigenvalue weighted by atomic mass is 19.1. The molecule has 0 spiro atoms. The Hall–Kier alpha value is -2.50. The second-order valence-electron chi connectivity index (χ2n) is 3.77. The predicted molar refractivity (Wildman–Crippen MR) is 65.5 cm³/mol. The minimum absolute atomic E-state index is 0.156. The van der Waals surface area contributed by atoms with Gasteiger partial charge >= 0.3 is 0 Å². The average molecular weight is 246 g/mol. The Balaban J connectivity index is 2.18. The minimum Gasteiger partial charge on any atom is -0.399 e. The lowest BCUT2D eigenvalue weighted by Gasteiger charge is -2.05. The van der Waals surface area contributed by atoms with Crippen molar-refractivity contribution in [3.63, 3.8) is 0 Å². The summed E-state index contributed by atoms with van der Waals surface area (Å²) in [5.74, 6) is -0.979. The van der Waals surface area contributed by atoms with Gasteiger partial charge in [-0.15, -0.1) is 0 Å². The van der Waals surface area contributed by atoms with Crippen LogP contribution in [0.3, 0.4) is 0 Å². The first kappa shape index (κ1) is 12.0. The maximum atomic E-state index is 13.1. The molecule has 1 heterocycles. The van der Waals surface area contributed by atoms with Gasteiger partial charge in [0.15, 0.2) is 0 Å². The molecule has 0 saturated carbocycles. The highest BCUT2D eigenvalue weighted by molar-refractivity contribution is 6.02. The Morgan fingerprint density at radius 1 is 1.28 bits per heavy atom. The smallest absolute Gasteiger partial charge is 0.275 e. The maximum absolute atomic E-state index is 13.1. The van der Waals surface area contributed by atoms with Crippen LogP contribution in [0.15, 0.2) is 30.6 Å². The number of carbonyl (C=O) groups excluding carboxylic acids is 1. The number of hydrogen-bond donors (Lipinski definition) is 2. The van der Waals surface area contributed by atoms with Gasteiger partial charge in [0.1, 0.15) is 11.5 Å². The highest BCUT2D eigenvalue weighted by Gasteiger charge is 2.08. The van der Waals surface area contributed by atoms with Crippen molar-refractivity contribution in [2.75, 3.05) is 11.1 Å². The van der Waals surface area contributed by atoms with E-state index in [9.17, 15) is 9.18 Å². The molecule has 18 heavy (non-hydrogen) atoms. The number of anilines is 2. The van der Waals surface area contributed by atoms with Crippen LogP contribution >= 0.6 is 0 Å². The molecule has 0 fully saturated rings. The topological polar surface area (TPSA) is 80.9 Å². The lowest BCUT2D eigenvalue weighted by Crippen LogP contribution is -2.14. The summed E-state index contributed by atoms with van der Waals surface area (Å²) in [6.45, 7) is 1.77. The molecule has 0 aliphatic carbocycles. The van der Waals surface area contributed by atoms with Gasteiger partial charge in [0.2, 0.25) is 0 Å². The number of nitrogens with two attached hydrogens (primary N) is 1. The molecule has 0 unspecified atom stereocenters. The summed E-state index contributed by atoms with van der Waals surface area (Å²) in [5, 5.41) is 2.50. The van der Waals surface area contributed by atoms with E-state index in [0.29, 0.717) is 5.69 Å². The van der Waals surface area contributed by atoms with E-state index in [-0.39, 0.29) is 17.1 Å². The van der Waals surface area contributed by atoms with Crippen molar-refractivity contribution in [2.45, 2.75) is 6.92 Å². The van der Waals surface area contributed by atoms with E-state index in [1.807, 2.05) is 0 Å². The number of nitrogens with one attached hydrogen (secondary N) is 1. The molecule has 0 radical (unpaired) electrons. The molecule has 6 heteroatoms. The van der Waals surface area contributed by atoms with Crippen molar-refractivity contribution in [1.82, 2.24) is 9.97 Å². The molecule has 0 aliphatic rings. The minimum atomic E-state index is -0.514. The third-order valence-electron chi connectivity index (χ3n) is 2.19. The van der Waals surface area contributed by atoms with Gasteiger partial charge in [0, 0.05) is 17.6 Å². The molecule has 92 valence electrons. The van der Waals surface area contributed by atoms with Crippen LogP contribution in [0.2, 0.25) is 0 Å². The quantitative estimate of drug-likeness (QED) is 0.791. The van der Waals surface area contributed by atoms with E-state index in [2.05, 4.69) is 15.3 Å². The summed E-state index contributed by atoms with van der Waals surface area (Å²) in [7, 11) is 0. The first-order chi connectivity index (χ1) is 8.54. The summed E-state index contributed by atoms with van der Waals surface area (Å²) < 4.78 is 13.1. The number of aryl methyl sites for hydroxylation is 1. The lowest BCUT2D eigenvalue weighted by molar-refractivity contribution is 0.102. The molecule has 0 atom stereocenters. The predicted octanol–water partition coefficient (Wildman–Crippen LogP) is 1.76. The third kappa shape index (κ3) is 2.79. The second-order valence-corrected chi connectivity index (χ2v) is 3.77. The Bertz CT molecular complexity index is 563. The van der Waals surface area contributed by atoms with E-state index < -0.39 is 11.7 Å². The van der Waals surface area contributed by atoms with Crippen LogP contribution in [0.1, 0.15) is 16.2 Å². The SMILES string of the molecule is Cc1cnc(C(=O)Nc2cc(N)cc(F)c2)cn1. The van der Waals surface area contributed by atoms with Gasteiger partial charge in [-0.05, 0) is 25.1 Å². The van der Waals surface area contributed by atoms with Crippen LogP contribution in [-0.2, 0) is 0 Å². The number of benzene rings is 1. The molecule has 2 rings (SSSR count). The molecule has 3 N–H and O–H groups in total. The van der Waals surface area contributed by atoms with Crippen LogP contribution in [0, 0.1) is 12.7 Å². The summed E-state index contributed by atoms with van der Waals surface area (Å²) in [4.78, 5) is 19.6. The number of carbonyl (C=O) groups is 1. The van der Waals surface area contributed by atoms with E-state index >= 15 is 0 Å². The molecule has 0 aliphatic heterocycles. The first-order valence-electron chi connectivity index (χ1n) is 5.20. The van der Waals surface area contributed by atoms with Gasteiger partial charge in [0.25, 0.3) is 5.91 Å². The molecule has 0 saturated heterocycles. The molecular formula is C12H11FN4O. The zero-order valence-corrected chi connectivity index (χ0v) is 9.64. The normalized spacial score (nSPS) is 10.1. The van der Waals surface area contributed by atoms with Gasteiger partial charge in [-0.3, -0.25) is 9.78 Å². The van der Waals surface area contributed by atoms with Crippen LogP contribution in [0.5, 0.6) is 0 Å². The van der Waals surface area contributed by atoms with E-state index in [0.717, 1.165) is 0 Å². The third-order valence-corrected chi connectivity index (χ3v) is 2.19.